The van der Waals surface area contributed by atoms with Crippen molar-refractivity contribution in [2.75, 3.05) is 23.3 Å². The molecule has 0 saturated heterocycles. The maximum absolute atomic E-state index is 12.5. The van der Waals surface area contributed by atoms with Gasteiger partial charge in [0.2, 0.25) is 0 Å². The number of anilines is 2. The van der Waals surface area contributed by atoms with Crippen LogP contribution in [0.4, 0.5) is 10.8 Å². The molecule has 8 heteroatoms. The van der Waals surface area contributed by atoms with Crippen molar-refractivity contribution in [3.63, 3.8) is 0 Å². The molecule has 3 rings (SSSR count). The fourth-order valence-corrected chi connectivity index (χ4v) is 3.35. The molecular formula is C19H21N5O2S. The second-order valence-corrected chi connectivity index (χ2v) is 6.92. The lowest BCUT2D eigenvalue weighted by molar-refractivity contribution is 0.102. The second-order valence-electron chi connectivity index (χ2n) is 5.89. The maximum atomic E-state index is 12.5. The lowest BCUT2D eigenvalue weighted by Crippen LogP contribution is -2.30. The zero-order valence-corrected chi connectivity index (χ0v) is 15.8. The minimum absolute atomic E-state index is 0.234. The van der Waals surface area contributed by atoms with Gasteiger partial charge in [0.1, 0.15) is 5.76 Å². The van der Waals surface area contributed by atoms with Crippen LogP contribution in [0.3, 0.4) is 0 Å². The van der Waals surface area contributed by atoms with Gasteiger partial charge >= 0.3 is 0 Å². The van der Waals surface area contributed by atoms with Crippen LogP contribution in [0.15, 0.2) is 53.3 Å². The summed E-state index contributed by atoms with van der Waals surface area (Å²) in [5, 5.41) is 11.2. The number of nitrogens with zero attached hydrogens (tertiary/aromatic N) is 2. The smallest absolute Gasteiger partial charge is 0.257 e. The van der Waals surface area contributed by atoms with Crippen LogP contribution >= 0.6 is 11.3 Å². The van der Waals surface area contributed by atoms with Crippen LogP contribution in [0.25, 0.3) is 10.6 Å². The van der Waals surface area contributed by atoms with E-state index in [9.17, 15) is 4.79 Å². The van der Waals surface area contributed by atoms with E-state index in [0.29, 0.717) is 29.6 Å². The molecular weight excluding hydrogens is 362 g/mol. The minimum atomic E-state index is -0.234. The van der Waals surface area contributed by atoms with E-state index in [0.717, 1.165) is 22.7 Å². The van der Waals surface area contributed by atoms with Gasteiger partial charge in [0.15, 0.2) is 5.13 Å². The summed E-state index contributed by atoms with van der Waals surface area (Å²) in [6.07, 6.45) is 4.06. The topological polar surface area (TPSA) is 108 Å². The van der Waals surface area contributed by atoms with Gasteiger partial charge in [0, 0.05) is 17.8 Å². The molecule has 0 saturated carbocycles. The van der Waals surface area contributed by atoms with Crippen molar-refractivity contribution in [2.45, 2.75) is 13.3 Å². The van der Waals surface area contributed by atoms with Gasteiger partial charge in [-0.05, 0) is 56.3 Å². The molecule has 0 bridgehead atoms. The molecule has 0 spiro atoms. The van der Waals surface area contributed by atoms with Gasteiger partial charge in [-0.2, -0.15) is 0 Å². The molecule has 0 fully saturated rings. The van der Waals surface area contributed by atoms with Crippen molar-refractivity contribution in [2.24, 2.45) is 5.73 Å². The first-order valence-electron chi connectivity index (χ1n) is 8.52. The van der Waals surface area contributed by atoms with Gasteiger partial charge in [0.05, 0.1) is 23.2 Å². The Hall–Kier alpha value is -2.97. The SMILES string of the molecule is CC(=N)N(CCCN)c1ccc(C(=O)Nc2ncc(-c3ccco3)s2)cc1. The summed E-state index contributed by atoms with van der Waals surface area (Å²) in [6, 6.07) is 10.8. The molecule has 0 atom stereocenters. The molecule has 140 valence electrons. The van der Waals surface area contributed by atoms with E-state index in [1.54, 1.807) is 31.5 Å². The number of aromatic nitrogens is 1. The third kappa shape index (κ3) is 4.60. The van der Waals surface area contributed by atoms with E-state index in [1.807, 2.05) is 29.2 Å². The number of amidine groups is 1. The van der Waals surface area contributed by atoms with Gasteiger partial charge in [-0.3, -0.25) is 15.5 Å². The minimum Gasteiger partial charge on any atom is -0.463 e. The molecule has 27 heavy (non-hydrogen) atoms. The number of carbonyl (C=O) groups is 1. The largest absolute Gasteiger partial charge is 0.463 e. The molecule has 0 aliphatic heterocycles. The summed E-state index contributed by atoms with van der Waals surface area (Å²) in [5.41, 5.74) is 6.95. The van der Waals surface area contributed by atoms with Crippen LogP contribution in [0.2, 0.25) is 0 Å². The van der Waals surface area contributed by atoms with Crippen molar-refractivity contribution < 1.29 is 9.21 Å². The van der Waals surface area contributed by atoms with Crippen LogP contribution in [0.5, 0.6) is 0 Å². The summed E-state index contributed by atoms with van der Waals surface area (Å²) in [5.74, 6) is 0.924. The number of nitrogens with one attached hydrogen (secondary N) is 2. The van der Waals surface area contributed by atoms with E-state index in [4.69, 9.17) is 15.6 Å². The molecule has 3 aromatic rings. The van der Waals surface area contributed by atoms with Crippen molar-refractivity contribution in [3.05, 3.63) is 54.4 Å². The van der Waals surface area contributed by atoms with Gasteiger partial charge in [-0.1, -0.05) is 11.3 Å². The number of nitrogens with two attached hydrogens (primary N) is 1. The van der Waals surface area contributed by atoms with Crippen molar-refractivity contribution in [1.29, 1.82) is 5.41 Å². The number of carbonyl (C=O) groups excluding carboxylic acids is 1. The Kier molecular flexibility index (Phi) is 6.00. The fourth-order valence-electron chi connectivity index (χ4n) is 2.57. The maximum Gasteiger partial charge on any atom is 0.257 e. The lowest BCUT2D eigenvalue weighted by atomic mass is 10.1. The Bertz CT molecular complexity index is 903. The fraction of sp³-hybridized carbons (Fsp3) is 0.211. The Morgan fingerprint density at radius 3 is 2.74 bits per heavy atom. The highest BCUT2D eigenvalue weighted by atomic mass is 32.1. The summed E-state index contributed by atoms with van der Waals surface area (Å²) in [6.45, 7) is 2.97. The molecule has 0 radical (unpaired) electrons. The van der Waals surface area contributed by atoms with E-state index in [-0.39, 0.29) is 5.91 Å². The molecule has 2 aromatic heterocycles. The standard InChI is InChI=1S/C19H21N5O2S/c1-13(21)24(10-3-9-20)15-7-5-14(6-8-15)18(25)23-19-22-12-17(27-19)16-4-2-11-26-16/h2,4-8,11-12,21H,3,9-10,20H2,1H3,(H,22,23,25). The molecule has 4 N–H and O–H groups in total. The number of furan rings is 1. The molecule has 1 aromatic carbocycles. The van der Waals surface area contributed by atoms with E-state index in [2.05, 4.69) is 10.3 Å². The predicted octanol–water partition coefficient (Wildman–Crippen LogP) is 3.81. The monoisotopic (exact) mass is 383 g/mol. The lowest BCUT2D eigenvalue weighted by Gasteiger charge is -2.23. The normalized spacial score (nSPS) is 10.6. The van der Waals surface area contributed by atoms with E-state index in [1.165, 1.54) is 11.3 Å². The Labute approximate surface area is 161 Å². The Balaban J connectivity index is 1.67. The van der Waals surface area contributed by atoms with Crippen LogP contribution in [-0.2, 0) is 0 Å². The average Bonchev–Trinajstić information content (AvgIpc) is 3.34. The molecule has 2 heterocycles. The number of rotatable bonds is 7. The first-order valence-corrected chi connectivity index (χ1v) is 9.34. The number of amides is 1. The molecule has 0 unspecified atom stereocenters. The van der Waals surface area contributed by atoms with Crippen molar-refractivity contribution >= 4 is 33.9 Å². The highest BCUT2D eigenvalue weighted by molar-refractivity contribution is 7.19. The molecule has 0 aliphatic rings. The van der Waals surface area contributed by atoms with Crippen LogP contribution in [0, 0.1) is 5.41 Å². The third-order valence-corrected chi connectivity index (χ3v) is 4.85. The number of hydrogen-bond donors (Lipinski definition) is 3. The van der Waals surface area contributed by atoms with Crippen LogP contribution in [-0.4, -0.2) is 29.8 Å². The van der Waals surface area contributed by atoms with E-state index >= 15 is 0 Å². The zero-order valence-electron chi connectivity index (χ0n) is 14.9. The third-order valence-electron chi connectivity index (χ3n) is 3.92. The Morgan fingerprint density at radius 2 is 2.11 bits per heavy atom. The van der Waals surface area contributed by atoms with Crippen LogP contribution in [0.1, 0.15) is 23.7 Å². The molecule has 1 amide bonds. The summed E-state index contributed by atoms with van der Waals surface area (Å²) in [4.78, 5) is 19.4. The summed E-state index contributed by atoms with van der Waals surface area (Å²) >= 11 is 1.35. The number of thiazole rings is 1. The van der Waals surface area contributed by atoms with Gasteiger partial charge in [-0.25, -0.2) is 4.98 Å². The second kappa shape index (κ2) is 8.61. The first kappa shape index (κ1) is 18.8. The van der Waals surface area contributed by atoms with E-state index < -0.39 is 0 Å². The number of benzene rings is 1. The van der Waals surface area contributed by atoms with Gasteiger partial charge < -0.3 is 15.1 Å². The summed E-state index contributed by atoms with van der Waals surface area (Å²) < 4.78 is 5.33. The van der Waals surface area contributed by atoms with Crippen LogP contribution < -0.4 is 16.0 Å². The van der Waals surface area contributed by atoms with Gasteiger partial charge in [-0.15, -0.1) is 0 Å². The average molecular weight is 383 g/mol. The first-order chi connectivity index (χ1) is 13.1. The predicted molar refractivity (Wildman–Crippen MR) is 109 cm³/mol. The quantitative estimate of drug-likeness (QED) is 0.425. The number of hydrogen-bond acceptors (Lipinski definition) is 6. The van der Waals surface area contributed by atoms with Gasteiger partial charge in [0.25, 0.3) is 5.91 Å². The zero-order chi connectivity index (χ0) is 19.2. The highest BCUT2D eigenvalue weighted by Crippen LogP contribution is 2.29. The van der Waals surface area contributed by atoms with Crippen molar-refractivity contribution in [3.8, 4) is 10.6 Å². The highest BCUT2D eigenvalue weighted by Gasteiger charge is 2.13. The molecule has 0 aliphatic carbocycles. The Morgan fingerprint density at radius 1 is 1.33 bits per heavy atom. The summed E-state index contributed by atoms with van der Waals surface area (Å²) in [7, 11) is 0. The molecule has 7 nitrogen and oxygen atoms in total. The van der Waals surface area contributed by atoms with Crippen molar-refractivity contribution in [1.82, 2.24) is 4.98 Å².